The van der Waals surface area contributed by atoms with Gasteiger partial charge < -0.3 is 4.57 Å². The van der Waals surface area contributed by atoms with E-state index >= 15 is 0 Å². The van der Waals surface area contributed by atoms with Gasteiger partial charge in [0.25, 0.3) is 0 Å². The number of nitrogens with zero attached hydrogens (tertiary/aromatic N) is 1. The standard InChI is InChI=1S/C53H47N.C6H10/c1-36-23-29-51-47(31-36)48-34-41(39-16-7-5-8-17-39)25-30-52(48)54(51)44-26-27-45-46-33-38(32-40-18-14-13-15-37(40)2)24-28-49(46)53(50(45)35-44,43-21-11-6-12-22-43)42-19-9-3-4-10-20-42;1-3-5-6-4-2/h3,5-7,9,11-16,18-19,21-25,27-31,33-35,44H,4,8,10,17,20,26,32H2,1-2H3;3-6H,1-2H3/b;5-3-,6-4-. The van der Waals surface area contributed by atoms with Crippen molar-refractivity contribution in [1.82, 2.24) is 4.57 Å². The van der Waals surface area contributed by atoms with Crippen LogP contribution in [0.3, 0.4) is 0 Å². The lowest BCUT2D eigenvalue weighted by Gasteiger charge is -2.38. The fourth-order valence-electron chi connectivity index (χ4n) is 10.3. The molecule has 2 atom stereocenters. The second-order valence-electron chi connectivity index (χ2n) is 16.9. The van der Waals surface area contributed by atoms with Crippen LogP contribution >= 0.6 is 0 Å². The van der Waals surface area contributed by atoms with Crippen LogP contribution in [-0.2, 0) is 11.8 Å². The number of aromatic nitrogens is 1. The van der Waals surface area contributed by atoms with E-state index < -0.39 is 0 Å². The molecule has 4 aliphatic carbocycles. The van der Waals surface area contributed by atoms with Crippen LogP contribution in [0.5, 0.6) is 0 Å². The number of rotatable bonds is 7. The first kappa shape index (κ1) is 39.3. The second kappa shape index (κ2) is 17.2. The molecule has 60 heavy (non-hydrogen) atoms. The molecule has 1 nitrogen and oxygen atoms in total. The molecule has 0 saturated carbocycles. The molecule has 0 N–H and O–H groups in total. The number of allylic oxidation sites excluding steroid dienone is 16. The third kappa shape index (κ3) is 7.15. The quantitative estimate of drug-likeness (QED) is 0.142. The fraction of sp³-hybridized carbons (Fsp3) is 0.220. The maximum absolute atomic E-state index is 2.68. The van der Waals surface area contributed by atoms with Gasteiger partial charge in [0.15, 0.2) is 0 Å². The first-order valence-corrected chi connectivity index (χ1v) is 22.2. The third-order valence-electron chi connectivity index (χ3n) is 13.2. The zero-order valence-corrected chi connectivity index (χ0v) is 35.8. The molecule has 1 heterocycles. The molecule has 10 rings (SSSR count). The van der Waals surface area contributed by atoms with Crippen LogP contribution in [0.2, 0.25) is 0 Å². The Hall–Kier alpha value is -6.18. The predicted octanol–water partition coefficient (Wildman–Crippen LogP) is 15.8. The monoisotopic (exact) mass is 779 g/mol. The van der Waals surface area contributed by atoms with Crippen LogP contribution in [0.4, 0.5) is 0 Å². The van der Waals surface area contributed by atoms with Gasteiger partial charge in [0.2, 0.25) is 0 Å². The molecule has 0 radical (unpaired) electrons. The summed E-state index contributed by atoms with van der Waals surface area (Å²) in [6.07, 6.45) is 34.7. The molecule has 0 aliphatic heterocycles. The van der Waals surface area contributed by atoms with Gasteiger partial charge in [-0.25, -0.2) is 0 Å². The molecule has 0 fully saturated rings. The van der Waals surface area contributed by atoms with Crippen LogP contribution in [0, 0.1) is 13.8 Å². The number of benzene rings is 5. The van der Waals surface area contributed by atoms with Crippen molar-refractivity contribution in [1.29, 1.82) is 0 Å². The van der Waals surface area contributed by atoms with Crippen molar-refractivity contribution in [2.75, 3.05) is 0 Å². The van der Waals surface area contributed by atoms with E-state index in [0.717, 1.165) is 44.9 Å². The summed E-state index contributed by atoms with van der Waals surface area (Å²) in [4.78, 5) is 0. The second-order valence-corrected chi connectivity index (χ2v) is 16.9. The minimum atomic E-state index is -0.361. The van der Waals surface area contributed by atoms with E-state index in [1.807, 2.05) is 38.2 Å². The van der Waals surface area contributed by atoms with Gasteiger partial charge in [-0.15, -0.1) is 0 Å². The average molecular weight is 780 g/mol. The van der Waals surface area contributed by atoms with Crippen LogP contribution in [0.15, 0.2) is 193 Å². The minimum absolute atomic E-state index is 0.180. The van der Waals surface area contributed by atoms with Crippen molar-refractivity contribution in [3.63, 3.8) is 0 Å². The van der Waals surface area contributed by atoms with E-state index in [-0.39, 0.29) is 11.5 Å². The summed E-state index contributed by atoms with van der Waals surface area (Å²) in [5, 5.41) is 2.71. The molecular formula is C59H57N. The summed E-state index contributed by atoms with van der Waals surface area (Å²) in [6.45, 7) is 8.46. The van der Waals surface area contributed by atoms with E-state index in [4.69, 9.17) is 0 Å². The Bertz CT molecular complexity index is 2810. The first-order valence-electron chi connectivity index (χ1n) is 22.2. The summed E-state index contributed by atoms with van der Waals surface area (Å²) < 4.78 is 2.66. The molecule has 1 heteroatoms. The molecule has 298 valence electrons. The summed E-state index contributed by atoms with van der Waals surface area (Å²) in [5.41, 5.74) is 19.1. The Balaban J connectivity index is 0.000000720. The molecule has 2 unspecified atom stereocenters. The van der Waals surface area contributed by atoms with Gasteiger partial charge in [0, 0.05) is 21.8 Å². The van der Waals surface area contributed by atoms with Crippen LogP contribution in [0.25, 0.3) is 33.0 Å². The first-order chi connectivity index (χ1) is 29.5. The minimum Gasteiger partial charge on any atom is -0.333 e. The molecule has 0 spiro atoms. The van der Waals surface area contributed by atoms with E-state index in [9.17, 15) is 0 Å². The Labute approximate surface area is 357 Å². The normalized spacial score (nSPS) is 19.7. The summed E-state index contributed by atoms with van der Waals surface area (Å²) >= 11 is 0. The molecule has 0 bridgehead atoms. The SMILES string of the molecule is C/C=C\C=C/C.Cc1ccc2c(c1)c1cc(C3=CC=CCC3)ccc1n2C1C=C2C(=CC1)c1cc(Cc3ccccc3C)ccc1C2(C1=CC=CCCC1)c1ccccc1. The van der Waals surface area contributed by atoms with Crippen molar-refractivity contribution in [3.8, 4) is 0 Å². The van der Waals surface area contributed by atoms with E-state index in [1.54, 1.807) is 0 Å². The maximum atomic E-state index is 2.68. The van der Waals surface area contributed by atoms with Gasteiger partial charge in [-0.05, 0) is 153 Å². The van der Waals surface area contributed by atoms with Crippen LogP contribution < -0.4 is 0 Å². The van der Waals surface area contributed by atoms with Crippen LogP contribution in [-0.4, -0.2) is 4.57 Å². The average Bonchev–Trinajstić information content (AvgIpc) is 3.59. The van der Waals surface area contributed by atoms with Crippen molar-refractivity contribution in [3.05, 3.63) is 238 Å². The van der Waals surface area contributed by atoms with Gasteiger partial charge in [-0.3, -0.25) is 0 Å². The van der Waals surface area contributed by atoms with Crippen molar-refractivity contribution < 1.29 is 0 Å². The van der Waals surface area contributed by atoms with Gasteiger partial charge in [0.1, 0.15) is 0 Å². The van der Waals surface area contributed by atoms with Crippen molar-refractivity contribution in [2.45, 2.75) is 84.1 Å². The summed E-state index contributed by atoms with van der Waals surface area (Å²) in [5.74, 6) is 0. The molecule has 6 aromatic rings. The highest BCUT2D eigenvalue weighted by molar-refractivity contribution is 6.09. The largest absolute Gasteiger partial charge is 0.333 e. The fourth-order valence-corrected chi connectivity index (χ4v) is 10.3. The zero-order valence-electron chi connectivity index (χ0n) is 35.8. The van der Waals surface area contributed by atoms with Gasteiger partial charge in [0.05, 0.1) is 11.5 Å². The Kier molecular flexibility index (Phi) is 11.3. The highest BCUT2D eigenvalue weighted by Crippen LogP contribution is 2.60. The van der Waals surface area contributed by atoms with Crippen LogP contribution in [0.1, 0.15) is 103 Å². The van der Waals surface area contributed by atoms with Gasteiger partial charge >= 0.3 is 0 Å². The number of aryl methyl sites for hydroxylation is 2. The molecule has 0 amide bonds. The molecule has 5 aromatic carbocycles. The van der Waals surface area contributed by atoms with E-state index in [0.29, 0.717) is 0 Å². The summed E-state index contributed by atoms with van der Waals surface area (Å²) in [7, 11) is 0. The van der Waals surface area contributed by atoms with E-state index in [1.165, 1.54) is 88.6 Å². The number of fused-ring (bicyclic) bond motifs is 6. The highest BCUT2D eigenvalue weighted by Gasteiger charge is 2.50. The van der Waals surface area contributed by atoms with E-state index in [2.05, 4.69) is 176 Å². The zero-order chi connectivity index (χ0) is 41.1. The lowest BCUT2D eigenvalue weighted by molar-refractivity contribution is 0.619. The Morgan fingerprint density at radius 1 is 0.717 bits per heavy atom. The topological polar surface area (TPSA) is 4.93 Å². The maximum Gasteiger partial charge on any atom is 0.0674 e. The van der Waals surface area contributed by atoms with Gasteiger partial charge in [-0.2, -0.15) is 0 Å². The third-order valence-corrected chi connectivity index (χ3v) is 13.2. The lowest BCUT2D eigenvalue weighted by Crippen LogP contribution is -2.31. The molecule has 1 aromatic heterocycles. The lowest BCUT2D eigenvalue weighted by atomic mass is 9.65. The predicted molar refractivity (Wildman–Crippen MR) is 259 cm³/mol. The molecule has 4 aliphatic rings. The number of hydrogen-bond donors (Lipinski definition) is 0. The molecular weight excluding hydrogens is 723 g/mol. The Morgan fingerprint density at radius 3 is 2.25 bits per heavy atom. The van der Waals surface area contributed by atoms with Crippen molar-refractivity contribution in [2.24, 2.45) is 0 Å². The van der Waals surface area contributed by atoms with Crippen molar-refractivity contribution >= 4 is 33.0 Å². The number of hydrogen-bond acceptors (Lipinski definition) is 0. The van der Waals surface area contributed by atoms with Gasteiger partial charge in [-0.1, -0.05) is 169 Å². The smallest absolute Gasteiger partial charge is 0.0674 e. The summed E-state index contributed by atoms with van der Waals surface area (Å²) in [6, 6.07) is 42.2. The Morgan fingerprint density at radius 2 is 1.47 bits per heavy atom. The molecule has 0 saturated heterocycles. The highest BCUT2D eigenvalue weighted by atomic mass is 15.0.